The third kappa shape index (κ3) is 1.99. The maximum Gasteiger partial charge on any atom is 0.302 e. The topological polar surface area (TPSA) is 46.5 Å². The Labute approximate surface area is 108 Å². The predicted octanol–water partition coefficient (Wildman–Crippen LogP) is 3.17. The highest BCUT2D eigenvalue weighted by Crippen LogP contribution is 2.29. The van der Waals surface area contributed by atoms with Crippen LogP contribution in [0.1, 0.15) is 18.4 Å². The Kier molecular flexibility index (Phi) is 2.41. The summed E-state index contributed by atoms with van der Waals surface area (Å²) in [6, 6.07) is 5.37. The van der Waals surface area contributed by atoms with E-state index in [0.717, 1.165) is 17.8 Å². The number of benzene rings is 1. The van der Waals surface area contributed by atoms with Crippen LogP contribution < -0.4 is 0 Å². The number of hydrogen-bond donors (Lipinski definition) is 1. The number of aromatic amines is 1. The van der Waals surface area contributed by atoms with Gasteiger partial charge in [0.1, 0.15) is 0 Å². The van der Waals surface area contributed by atoms with E-state index in [1.807, 2.05) is 6.07 Å². The summed E-state index contributed by atoms with van der Waals surface area (Å²) in [7, 11) is 0. The molecule has 0 bridgehead atoms. The number of alkyl halides is 2. The average Bonchev–Trinajstić information content (AvgIpc) is 2.92. The Morgan fingerprint density at radius 2 is 2.11 bits per heavy atom. The van der Waals surface area contributed by atoms with E-state index in [0.29, 0.717) is 11.4 Å². The molecular weight excluding hydrogens is 250 g/mol. The second kappa shape index (κ2) is 3.88. The van der Waals surface area contributed by atoms with Crippen LogP contribution >= 0.6 is 0 Å². The van der Waals surface area contributed by atoms with Gasteiger partial charge in [0.2, 0.25) is 0 Å². The molecule has 19 heavy (non-hydrogen) atoms. The summed E-state index contributed by atoms with van der Waals surface area (Å²) in [5.41, 5.74) is 2.07. The van der Waals surface area contributed by atoms with Gasteiger partial charge in [-0.3, -0.25) is 9.67 Å². The summed E-state index contributed by atoms with van der Waals surface area (Å²) in [6.45, 7) is 2.55. The fourth-order valence-electron chi connectivity index (χ4n) is 2.08. The molecule has 0 aliphatic heterocycles. The number of hydrogen-bond acceptors (Lipinski definition) is 2. The lowest BCUT2D eigenvalue weighted by Crippen LogP contribution is -2.14. The number of H-pyrrole nitrogens is 1. The third-order valence-electron chi connectivity index (χ3n) is 2.92. The monoisotopic (exact) mass is 262 g/mol. The van der Waals surface area contributed by atoms with Crippen LogP contribution in [0.5, 0.6) is 0 Å². The molecule has 0 unspecified atom stereocenters. The number of fused-ring (bicyclic) bond motifs is 1. The fraction of sp³-hybridized carbons (Fsp3) is 0.231. The maximum atomic E-state index is 13.6. The van der Waals surface area contributed by atoms with Crippen LogP contribution in [0.4, 0.5) is 8.78 Å². The molecular formula is C13H12F2N4. The van der Waals surface area contributed by atoms with Crippen molar-refractivity contribution in [2.75, 3.05) is 0 Å². The summed E-state index contributed by atoms with van der Waals surface area (Å²) >= 11 is 0. The third-order valence-corrected chi connectivity index (χ3v) is 2.92. The Hall–Kier alpha value is -2.24. The van der Waals surface area contributed by atoms with Gasteiger partial charge in [-0.25, -0.2) is 4.98 Å². The van der Waals surface area contributed by atoms with Crippen LogP contribution in [0.3, 0.4) is 0 Å². The molecule has 0 aliphatic carbocycles. The largest absolute Gasteiger partial charge is 0.302 e. The first-order valence-electron chi connectivity index (χ1n) is 5.83. The van der Waals surface area contributed by atoms with Crippen LogP contribution in [0.2, 0.25) is 0 Å². The molecule has 0 aliphatic rings. The first kappa shape index (κ1) is 11.8. The van der Waals surface area contributed by atoms with Crippen LogP contribution in [0.25, 0.3) is 16.6 Å². The summed E-state index contributed by atoms with van der Waals surface area (Å²) in [6.07, 6.45) is 3.26. The Bertz CT molecular complexity index is 737. The molecule has 0 amide bonds. The summed E-state index contributed by atoms with van der Waals surface area (Å²) in [5.74, 6) is -3.24. The number of rotatable bonds is 2. The fourth-order valence-corrected chi connectivity index (χ4v) is 2.08. The molecule has 0 fully saturated rings. The van der Waals surface area contributed by atoms with E-state index in [9.17, 15) is 8.78 Å². The minimum atomic E-state index is -2.99. The highest BCUT2D eigenvalue weighted by Gasteiger charge is 2.31. The molecule has 0 saturated heterocycles. The van der Waals surface area contributed by atoms with Crippen molar-refractivity contribution in [1.82, 2.24) is 19.7 Å². The first-order chi connectivity index (χ1) is 8.95. The van der Waals surface area contributed by atoms with Gasteiger partial charge < -0.3 is 0 Å². The summed E-state index contributed by atoms with van der Waals surface area (Å²) in [5, 5.41) is 7.61. The highest BCUT2D eigenvalue weighted by atomic mass is 19.3. The van der Waals surface area contributed by atoms with Crippen molar-refractivity contribution in [3.8, 4) is 5.69 Å². The minimum Gasteiger partial charge on any atom is -0.298 e. The van der Waals surface area contributed by atoms with Gasteiger partial charge in [-0.1, -0.05) is 0 Å². The second-order valence-corrected chi connectivity index (χ2v) is 4.61. The lowest BCUT2D eigenvalue weighted by atomic mass is 10.2. The molecule has 4 nitrogen and oxygen atoms in total. The number of aryl methyl sites for hydroxylation is 1. The lowest BCUT2D eigenvalue weighted by molar-refractivity contribution is 0.00624. The zero-order valence-electron chi connectivity index (χ0n) is 10.5. The molecule has 1 aromatic carbocycles. The predicted molar refractivity (Wildman–Crippen MR) is 67.5 cm³/mol. The van der Waals surface area contributed by atoms with Gasteiger partial charge in [0.15, 0.2) is 5.82 Å². The molecule has 0 spiro atoms. The molecule has 3 rings (SSSR count). The van der Waals surface area contributed by atoms with E-state index in [-0.39, 0.29) is 5.82 Å². The van der Waals surface area contributed by atoms with Gasteiger partial charge in [-0.15, -0.1) is 0 Å². The number of aromatic nitrogens is 4. The van der Waals surface area contributed by atoms with Crippen molar-refractivity contribution in [2.45, 2.75) is 19.8 Å². The number of nitrogens with zero attached hydrogens (tertiary/aromatic N) is 3. The van der Waals surface area contributed by atoms with Crippen LogP contribution in [0, 0.1) is 6.92 Å². The molecule has 1 N–H and O–H groups in total. The SMILES string of the molecule is Cc1cn(-c2ccc3[nH]ncc3c2)c(C(C)(F)F)n1. The van der Waals surface area contributed by atoms with E-state index in [4.69, 9.17) is 0 Å². The van der Waals surface area contributed by atoms with Crippen molar-refractivity contribution in [3.05, 3.63) is 42.1 Å². The molecule has 2 heterocycles. The summed E-state index contributed by atoms with van der Waals surface area (Å²) < 4.78 is 28.6. The van der Waals surface area contributed by atoms with E-state index < -0.39 is 5.92 Å². The van der Waals surface area contributed by atoms with Crippen molar-refractivity contribution in [2.24, 2.45) is 0 Å². The van der Waals surface area contributed by atoms with Gasteiger partial charge in [-0.05, 0) is 25.1 Å². The van der Waals surface area contributed by atoms with Crippen molar-refractivity contribution in [3.63, 3.8) is 0 Å². The second-order valence-electron chi connectivity index (χ2n) is 4.61. The minimum absolute atomic E-state index is 0.257. The number of halogens is 2. The van der Waals surface area contributed by atoms with Gasteiger partial charge in [0.25, 0.3) is 0 Å². The molecule has 3 aromatic rings. The van der Waals surface area contributed by atoms with Crippen LogP contribution in [-0.2, 0) is 5.92 Å². The Morgan fingerprint density at radius 1 is 1.32 bits per heavy atom. The van der Waals surface area contributed by atoms with Gasteiger partial charge in [-0.2, -0.15) is 13.9 Å². The smallest absolute Gasteiger partial charge is 0.298 e. The first-order valence-corrected chi connectivity index (χ1v) is 5.83. The van der Waals surface area contributed by atoms with Crippen molar-refractivity contribution < 1.29 is 8.78 Å². The number of imidazole rings is 1. The molecule has 2 aromatic heterocycles. The molecule has 6 heteroatoms. The normalized spacial score (nSPS) is 12.2. The van der Waals surface area contributed by atoms with Crippen LogP contribution in [-0.4, -0.2) is 19.7 Å². The van der Waals surface area contributed by atoms with Gasteiger partial charge >= 0.3 is 5.92 Å². The Morgan fingerprint density at radius 3 is 2.84 bits per heavy atom. The van der Waals surface area contributed by atoms with E-state index in [2.05, 4.69) is 15.2 Å². The molecule has 0 radical (unpaired) electrons. The summed E-state index contributed by atoms with van der Waals surface area (Å²) in [4.78, 5) is 3.92. The van der Waals surface area contributed by atoms with E-state index in [1.54, 1.807) is 31.5 Å². The quantitative estimate of drug-likeness (QED) is 0.771. The molecule has 98 valence electrons. The van der Waals surface area contributed by atoms with E-state index >= 15 is 0 Å². The highest BCUT2D eigenvalue weighted by molar-refractivity contribution is 5.80. The molecule has 0 atom stereocenters. The van der Waals surface area contributed by atoms with Gasteiger partial charge in [0.05, 0.1) is 17.4 Å². The van der Waals surface area contributed by atoms with Crippen LogP contribution in [0.15, 0.2) is 30.6 Å². The lowest BCUT2D eigenvalue weighted by Gasteiger charge is -2.13. The average molecular weight is 262 g/mol. The van der Waals surface area contributed by atoms with E-state index in [1.165, 1.54) is 4.57 Å². The molecule has 0 saturated carbocycles. The standard InChI is InChI=1S/C13H12F2N4/c1-8-7-19(12(17-8)13(2,14)15)10-3-4-11-9(5-10)6-16-18-11/h3-7H,1-2H3,(H,16,18). The Balaban J connectivity index is 2.20. The van der Waals surface area contributed by atoms with Crippen molar-refractivity contribution in [1.29, 1.82) is 0 Å². The zero-order valence-corrected chi connectivity index (χ0v) is 10.5. The maximum absolute atomic E-state index is 13.6. The van der Waals surface area contributed by atoms with Crippen molar-refractivity contribution >= 4 is 10.9 Å². The van der Waals surface area contributed by atoms with Gasteiger partial charge in [0, 0.05) is 24.2 Å². The zero-order chi connectivity index (χ0) is 13.6. The number of nitrogens with one attached hydrogen (secondary N) is 1.